The first-order chi connectivity index (χ1) is 6.74. The van der Waals surface area contributed by atoms with Crippen molar-refractivity contribution in [2.24, 2.45) is 0 Å². The molecule has 0 fully saturated rings. The SMILES string of the molecule is CCC(=CCC(=O)O)c1ccncc1.Cl. The van der Waals surface area contributed by atoms with Gasteiger partial charge in [0.1, 0.15) is 0 Å². The molecule has 0 aliphatic rings. The van der Waals surface area contributed by atoms with Crippen LogP contribution in [0.15, 0.2) is 30.6 Å². The Bertz CT molecular complexity index is 336. The third-order valence-electron chi connectivity index (χ3n) is 1.96. The Kier molecular flexibility index (Phi) is 6.38. The van der Waals surface area contributed by atoms with E-state index in [4.69, 9.17) is 5.11 Å². The second kappa shape index (κ2) is 7.01. The second-order valence-corrected chi connectivity index (χ2v) is 2.92. The molecule has 0 atom stereocenters. The molecule has 0 spiro atoms. The first-order valence-electron chi connectivity index (χ1n) is 4.55. The molecule has 1 N–H and O–H groups in total. The van der Waals surface area contributed by atoms with Crippen molar-refractivity contribution in [1.29, 1.82) is 0 Å². The quantitative estimate of drug-likeness (QED) is 0.861. The summed E-state index contributed by atoms with van der Waals surface area (Å²) in [5.74, 6) is -0.801. The highest BCUT2D eigenvalue weighted by Crippen LogP contribution is 2.17. The second-order valence-electron chi connectivity index (χ2n) is 2.92. The predicted molar refractivity (Wildman–Crippen MR) is 62.0 cm³/mol. The predicted octanol–water partition coefficient (Wildman–Crippen LogP) is 2.77. The van der Waals surface area contributed by atoms with Crippen molar-refractivity contribution in [2.45, 2.75) is 19.8 Å². The molecule has 0 saturated heterocycles. The van der Waals surface area contributed by atoms with Crippen molar-refractivity contribution in [3.8, 4) is 0 Å². The van der Waals surface area contributed by atoms with Crippen LogP contribution in [0.2, 0.25) is 0 Å². The molecule has 1 heterocycles. The molecule has 0 amide bonds. The number of carbonyl (C=O) groups is 1. The summed E-state index contributed by atoms with van der Waals surface area (Å²) in [6, 6.07) is 3.77. The fraction of sp³-hybridized carbons (Fsp3) is 0.273. The number of pyridine rings is 1. The number of hydrogen-bond donors (Lipinski definition) is 1. The third kappa shape index (κ3) is 4.61. The van der Waals surface area contributed by atoms with E-state index in [2.05, 4.69) is 4.98 Å². The minimum Gasteiger partial charge on any atom is -0.481 e. The van der Waals surface area contributed by atoms with E-state index >= 15 is 0 Å². The van der Waals surface area contributed by atoms with Gasteiger partial charge in [-0.05, 0) is 29.7 Å². The van der Waals surface area contributed by atoms with Crippen molar-refractivity contribution in [3.05, 3.63) is 36.2 Å². The van der Waals surface area contributed by atoms with Crippen molar-refractivity contribution in [3.63, 3.8) is 0 Å². The minimum atomic E-state index is -0.801. The third-order valence-corrected chi connectivity index (χ3v) is 1.96. The zero-order chi connectivity index (χ0) is 10.4. The molecular weight excluding hydrogens is 214 g/mol. The number of allylic oxidation sites excluding steroid dienone is 1. The van der Waals surface area contributed by atoms with Crippen molar-refractivity contribution < 1.29 is 9.90 Å². The first kappa shape index (κ1) is 13.7. The molecule has 0 bridgehead atoms. The summed E-state index contributed by atoms with van der Waals surface area (Å²) in [4.78, 5) is 14.3. The molecule has 0 aliphatic heterocycles. The molecular formula is C11H14ClNO2. The maximum atomic E-state index is 10.4. The van der Waals surface area contributed by atoms with Gasteiger partial charge in [-0.25, -0.2) is 0 Å². The Hall–Kier alpha value is -1.35. The highest BCUT2D eigenvalue weighted by atomic mass is 35.5. The van der Waals surface area contributed by atoms with Crippen molar-refractivity contribution in [2.75, 3.05) is 0 Å². The normalized spacial score (nSPS) is 10.6. The molecule has 0 aromatic carbocycles. The van der Waals surface area contributed by atoms with Crippen LogP contribution in [0.1, 0.15) is 25.3 Å². The van der Waals surface area contributed by atoms with Crippen LogP contribution in [-0.4, -0.2) is 16.1 Å². The highest BCUT2D eigenvalue weighted by Gasteiger charge is 1.99. The smallest absolute Gasteiger partial charge is 0.307 e. The Morgan fingerprint density at radius 2 is 2.07 bits per heavy atom. The van der Waals surface area contributed by atoms with Crippen LogP contribution >= 0.6 is 12.4 Å². The number of aromatic nitrogens is 1. The number of carboxylic acid groups (broad SMARTS) is 1. The minimum absolute atomic E-state index is 0. The lowest BCUT2D eigenvalue weighted by Crippen LogP contribution is -1.92. The lowest BCUT2D eigenvalue weighted by atomic mass is 10.0. The van der Waals surface area contributed by atoms with Gasteiger partial charge in [-0.3, -0.25) is 9.78 Å². The van der Waals surface area contributed by atoms with Crippen LogP contribution in [0.5, 0.6) is 0 Å². The van der Waals surface area contributed by atoms with Gasteiger partial charge in [0.25, 0.3) is 0 Å². The number of halogens is 1. The summed E-state index contributed by atoms with van der Waals surface area (Å²) < 4.78 is 0. The standard InChI is InChI=1S/C11H13NO2.ClH/c1-2-9(3-4-11(13)14)10-5-7-12-8-6-10;/h3,5-8H,2,4H2,1H3,(H,13,14);1H. The maximum absolute atomic E-state index is 10.4. The van der Waals surface area contributed by atoms with Crippen LogP contribution in [-0.2, 0) is 4.79 Å². The molecule has 1 aromatic rings. The lowest BCUT2D eigenvalue weighted by molar-refractivity contribution is -0.135. The molecule has 0 saturated carbocycles. The van der Waals surface area contributed by atoms with Gasteiger partial charge in [-0.2, -0.15) is 0 Å². The van der Waals surface area contributed by atoms with Gasteiger partial charge in [-0.15, -0.1) is 12.4 Å². The van der Waals surface area contributed by atoms with Crippen LogP contribution < -0.4 is 0 Å². The number of carboxylic acids is 1. The van der Waals surface area contributed by atoms with E-state index in [0.29, 0.717) is 0 Å². The summed E-state index contributed by atoms with van der Waals surface area (Å²) in [6.45, 7) is 2.01. The van der Waals surface area contributed by atoms with Crippen LogP contribution in [0, 0.1) is 0 Å². The topological polar surface area (TPSA) is 50.2 Å². The number of hydrogen-bond acceptors (Lipinski definition) is 2. The summed E-state index contributed by atoms with van der Waals surface area (Å²) in [5, 5.41) is 8.55. The van der Waals surface area contributed by atoms with Crippen molar-refractivity contribution in [1.82, 2.24) is 4.98 Å². The summed E-state index contributed by atoms with van der Waals surface area (Å²) in [6.07, 6.45) is 6.07. The molecule has 3 nitrogen and oxygen atoms in total. The van der Waals surface area contributed by atoms with Gasteiger partial charge < -0.3 is 5.11 Å². The zero-order valence-corrected chi connectivity index (χ0v) is 9.33. The molecule has 0 aliphatic carbocycles. The number of rotatable bonds is 4. The van der Waals surface area contributed by atoms with E-state index in [1.54, 1.807) is 18.5 Å². The molecule has 0 unspecified atom stereocenters. The van der Waals surface area contributed by atoms with Crippen LogP contribution in [0.25, 0.3) is 5.57 Å². The molecule has 15 heavy (non-hydrogen) atoms. The number of nitrogens with zero attached hydrogens (tertiary/aromatic N) is 1. The molecule has 0 radical (unpaired) electrons. The lowest BCUT2D eigenvalue weighted by Gasteiger charge is -2.03. The fourth-order valence-electron chi connectivity index (χ4n) is 1.24. The van der Waals surface area contributed by atoms with E-state index < -0.39 is 5.97 Å². The molecule has 1 rings (SSSR count). The first-order valence-corrected chi connectivity index (χ1v) is 4.55. The highest BCUT2D eigenvalue weighted by molar-refractivity contribution is 5.85. The van der Waals surface area contributed by atoms with Gasteiger partial charge >= 0.3 is 5.97 Å². The van der Waals surface area contributed by atoms with Gasteiger partial charge in [0, 0.05) is 12.4 Å². The molecule has 1 aromatic heterocycles. The zero-order valence-electron chi connectivity index (χ0n) is 8.51. The Labute approximate surface area is 95.3 Å². The van der Waals surface area contributed by atoms with Crippen LogP contribution in [0.3, 0.4) is 0 Å². The average molecular weight is 228 g/mol. The Morgan fingerprint density at radius 3 is 2.53 bits per heavy atom. The van der Waals surface area contributed by atoms with Gasteiger partial charge in [0.2, 0.25) is 0 Å². The molecule has 4 heteroatoms. The van der Waals surface area contributed by atoms with Gasteiger partial charge in [-0.1, -0.05) is 13.0 Å². The van der Waals surface area contributed by atoms with E-state index in [-0.39, 0.29) is 18.8 Å². The maximum Gasteiger partial charge on any atom is 0.307 e. The largest absolute Gasteiger partial charge is 0.481 e. The summed E-state index contributed by atoms with van der Waals surface area (Å²) in [5.41, 5.74) is 2.10. The van der Waals surface area contributed by atoms with E-state index in [0.717, 1.165) is 17.6 Å². The fourth-order valence-corrected chi connectivity index (χ4v) is 1.24. The van der Waals surface area contributed by atoms with Crippen LogP contribution in [0.4, 0.5) is 0 Å². The van der Waals surface area contributed by atoms with E-state index in [1.165, 1.54) is 0 Å². The summed E-state index contributed by atoms with van der Waals surface area (Å²) in [7, 11) is 0. The number of aliphatic carboxylic acids is 1. The summed E-state index contributed by atoms with van der Waals surface area (Å²) >= 11 is 0. The van der Waals surface area contributed by atoms with E-state index in [9.17, 15) is 4.79 Å². The van der Waals surface area contributed by atoms with Gasteiger partial charge in [0.15, 0.2) is 0 Å². The average Bonchev–Trinajstić information content (AvgIpc) is 2.20. The van der Waals surface area contributed by atoms with E-state index in [1.807, 2.05) is 19.1 Å². The Balaban J connectivity index is 0.00000196. The molecule has 82 valence electrons. The van der Waals surface area contributed by atoms with Gasteiger partial charge in [0.05, 0.1) is 6.42 Å². The van der Waals surface area contributed by atoms with Crippen molar-refractivity contribution >= 4 is 23.9 Å². The monoisotopic (exact) mass is 227 g/mol. The Morgan fingerprint density at radius 1 is 1.47 bits per heavy atom.